The van der Waals surface area contributed by atoms with Crippen LogP contribution >= 0.6 is 0 Å². The molecule has 0 atom stereocenters. The van der Waals surface area contributed by atoms with Crippen LogP contribution < -0.4 is 15.2 Å². The van der Waals surface area contributed by atoms with E-state index in [2.05, 4.69) is 0 Å². The summed E-state index contributed by atoms with van der Waals surface area (Å²) in [5, 5.41) is 0. The molecule has 1 aromatic rings. The van der Waals surface area contributed by atoms with E-state index in [-0.39, 0.29) is 5.54 Å². The van der Waals surface area contributed by atoms with Crippen LogP contribution in [0.5, 0.6) is 11.5 Å². The Labute approximate surface area is 90.2 Å². The SMILES string of the molecule is CC(C)(N)c1ccc2c(c1)OCCCO2. The highest BCUT2D eigenvalue weighted by molar-refractivity contribution is 5.45. The predicted octanol–water partition coefficient (Wildman–Crippen LogP) is 2.04. The van der Waals surface area contributed by atoms with Crippen molar-refractivity contribution in [1.29, 1.82) is 0 Å². The molecule has 0 aliphatic carbocycles. The van der Waals surface area contributed by atoms with Crippen LogP contribution in [0.3, 0.4) is 0 Å². The third-order valence-electron chi connectivity index (χ3n) is 2.49. The molecule has 3 nitrogen and oxygen atoms in total. The second kappa shape index (κ2) is 3.74. The number of rotatable bonds is 1. The largest absolute Gasteiger partial charge is 0.490 e. The van der Waals surface area contributed by atoms with Gasteiger partial charge in [-0.15, -0.1) is 0 Å². The smallest absolute Gasteiger partial charge is 0.161 e. The van der Waals surface area contributed by atoms with Gasteiger partial charge < -0.3 is 15.2 Å². The van der Waals surface area contributed by atoms with Gasteiger partial charge in [-0.1, -0.05) is 6.07 Å². The van der Waals surface area contributed by atoms with Gasteiger partial charge in [0.1, 0.15) is 0 Å². The zero-order valence-electron chi connectivity index (χ0n) is 9.25. The fourth-order valence-electron chi connectivity index (χ4n) is 1.56. The van der Waals surface area contributed by atoms with Gasteiger partial charge >= 0.3 is 0 Å². The van der Waals surface area contributed by atoms with Crippen molar-refractivity contribution < 1.29 is 9.47 Å². The molecule has 0 saturated heterocycles. The van der Waals surface area contributed by atoms with Crippen LogP contribution in [-0.4, -0.2) is 13.2 Å². The Balaban J connectivity index is 2.36. The summed E-state index contributed by atoms with van der Waals surface area (Å²) in [4.78, 5) is 0. The van der Waals surface area contributed by atoms with E-state index in [0.717, 1.165) is 30.1 Å². The highest BCUT2D eigenvalue weighted by Gasteiger charge is 2.18. The van der Waals surface area contributed by atoms with Crippen molar-refractivity contribution in [2.45, 2.75) is 25.8 Å². The predicted molar refractivity (Wildman–Crippen MR) is 59.3 cm³/mol. The minimum Gasteiger partial charge on any atom is -0.490 e. The van der Waals surface area contributed by atoms with E-state index in [9.17, 15) is 0 Å². The van der Waals surface area contributed by atoms with Gasteiger partial charge in [-0.05, 0) is 31.5 Å². The highest BCUT2D eigenvalue weighted by atomic mass is 16.5. The minimum absolute atomic E-state index is 0.343. The van der Waals surface area contributed by atoms with Gasteiger partial charge in [-0.2, -0.15) is 0 Å². The Bertz CT molecular complexity index is 355. The van der Waals surface area contributed by atoms with E-state index in [1.54, 1.807) is 0 Å². The molecule has 0 saturated carbocycles. The molecular weight excluding hydrogens is 190 g/mol. The second-order valence-electron chi connectivity index (χ2n) is 4.43. The molecule has 82 valence electrons. The lowest BCUT2D eigenvalue weighted by Gasteiger charge is -2.20. The third-order valence-corrected chi connectivity index (χ3v) is 2.49. The van der Waals surface area contributed by atoms with Gasteiger partial charge in [0.05, 0.1) is 13.2 Å². The molecule has 0 amide bonds. The summed E-state index contributed by atoms with van der Waals surface area (Å²) < 4.78 is 11.2. The van der Waals surface area contributed by atoms with Crippen molar-refractivity contribution in [3.63, 3.8) is 0 Å². The first-order valence-corrected chi connectivity index (χ1v) is 5.26. The molecule has 15 heavy (non-hydrogen) atoms. The summed E-state index contributed by atoms with van der Waals surface area (Å²) in [6.07, 6.45) is 0.927. The van der Waals surface area contributed by atoms with Gasteiger partial charge in [-0.3, -0.25) is 0 Å². The van der Waals surface area contributed by atoms with Crippen molar-refractivity contribution in [2.75, 3.05) is 13.2 Å². The van der Waals surface area contributed by atoms with Crippen LogP contribution in [0.15, 0.2) is 18.2 Å². The Morgan fingerprint density at radius 2 is 1.80 bits per heavy atom. The summed E-state index contributed by atoms with van der Waals surface area (Å²) in [5.74, 6) is 1.63. The average molecular weight is 207 g/mol. The van der Waals surface area contributed by atoms with Gasteiger partial charge in [0.25, 0.3) is 0 Å². The topological polar surface area (TPSA) is 44.5 Å². The Morgan fingerprint density at radius 1 is 1.13 bits per heavy atom. The molecule has 0 bridgehead atoms. The molecule has 2 N–H and O–H groups in total. The lowest BCUT2D eigenvalue weighted by Crippen LogP contribution is -2.28. The van der Waals surface area contributed by atoms with Crippen LogP contribution in [0.1, 0.15) is 25.8 Å². The molecule has 0 fully saturated rings. The minimum atomic E-state index is -0.343. The van der Waals surface area contributed by atoms with Crippen LogP contribution in [0.4, 0.5) is 0 Å². The average Bonchev–Trinajstić information content (AvgIpc) is 2.39. The Hall–Kier alpha value is -1.22. The van der Waals surface area contributed by atoms with Gasteiger partial charge in [0, 0.05) is 12.0 Å². The van der Waals surface area contributed by atoms with E-state index < -0.39 is 0 Å². The Morgan fingerprint density at radius 3 is 2.47 bits per heavy atom. The maximum absolute atomic E-state index is 6.03. The number of benzene rings is 1. The molecule has 1 aliphatic rings. The zero-order chi connectivity index (χ0) is 10.9. The summed E-state index contributed by atoms with van der Waals surface area (Å²) in [6, 6.07) is 5.90. The molecule has 0 spiro atoms. The lowest BCUT2D eigenvalue weighted by atomic mass is 9.95. The van der Waals surface area contributed by atoms with E-state index in [0.29, 0.717) is 6.61 Å². The number of fused-ring (bicyclic) bond motifs is 1. The van der Waals surface area contributed by atoms with Crippen LogP contribution in [0, 0.1) is 0 Å². The second-order valence-corrected chi connectivity index (χ2v) is 4.43. The van der Waals surface area contributed by atoms with Crippen LogP contribution in [-0.2, 0) is 5.54 Å². The molecule has 3 heteroatoms. The fraction of sp³-hybridized carbons (Fsp3) is 0.500. The molecule has 0 radical (unpaired) electrons. The number of ether oxygens (including phenoxy) is 2. The number of hydrogen-bond donors (Lipinski definition) is 1. The molecule has 1 aliphatic heterocycles. The summed E-state index contributed by atoms with van der Waals surface area (Å²) in [7, 11) is 0. The maximum Gasteiger partial charge on any atom is 0.161 e. The number of nitrogens with two attached hydrogens (primary N) is 1. The first-order valence-electron chi connectivity index (χ1n) is 5.26. The monoisotopic (exact) mass is 207 g/mol. The summed E-state index contributed by atoms with van der Waals surface area (Å²) in [5.41, 5.74) is 6.75. The van der Waals surface area contributed by atoms with E-state index in [1.165, 1.54) is 0 Å². The standard InChI is InChI=1S/C12H17NO2/c1-12(2,13)9-4-5-10-11(8-9)15-7-3-6-14-10/h4-5,8H,3,6-7,13H2,1-2H3. The normalized spacial score (nSPS) is 15.9. The Kier molecular flexibility index (Phi) is 2.57. The molecule has 0 unspecified atom stereocenters. The van der Waals surface area contributed by atoms with Crippen molar-refractivity contribution >= 4 is 0 Å². The summed E-state index contributed by atoms with van der Waals surface area (Å²) >= 11 is 0. The van der Waals surface area contributed by atoms with Crippen LogP contribution in [0.25, 0.3) is 0 Å². The highest BCUT2D eigenvalue weighted by Crippen LogP contribution is 2.33. The van der Waals surface area contributed by atoms with Gasteiger partial charge in [0.15, 0.2) is 11.5 Å². The third kappa shape index (κ3) is 2.23. The number of hydrogen-bond acceptors (Lipinski definition) is 3. The van der Waals surface area contributed by atoms with Crippen molar-refractivity contribution in [1.82, 2.24) is 0 Å². The lowest BCUT2D eigenvalue weighted by molar-refractivity contribution is 0.297. The fourth-order valence-corrected chi connectivity index (χ4v) is 1.56. The molecular formula is C12H17NO2. The van der Waals surface area contributed by atoms with Crippen LogP contribution in [0.2, 0.25) is 0 Å². The quantitative estimate of drug-likeness (QED) is 0.766. The molecule has 2 rings (SSSR count). The zero-order valence-corrected chi connectivity index (χ0v) is 9.25. The molecule has 1 aromatic carbocycles. The van der Waals surface area contributed by atoms with E-state index >= 15 is 0 Å². The van der Waals surface area contributed by atoms with E-state index in [1.807, 2.05) is 32.0 Å². The van der Waals surface area contributed by atoms with E-state index in [4.69, 9.17) is 15.2 Å². The van der Waals surface area contributed by atoms with Gasteiger partial charge in [0.2, 0.25) is 0 Å². The first kappa shape index (κ1) is 10.3. The van der Waals surface area contributed by atoms with Crippen molar-refractivity contribution in [3.05, 3.63) is 23.8 Å². The van der Waals surface area contributed by atoms with Gasteiger partial charge in [-0.25, -0.2) is 0 Å². The molecule has 1 heterocycles. The van der Waals surface area contributed by atoms with Crippen molar-refractivity contribution in [3.8, 4) is 11.5 Å². The first-order chi connectivity index (χ1) is 7.07. The maximum atomic E-state index is 6.03. The summed E-state index contributed by atoms with van der Waals surface area (Å²) in [6.45, 7) is 5.39. The van der Waals surface area contributed by atoms with Crippen molar-refractivity contribution in [2.24, 2.45) is 5.73 Å². The molecule has 0 aromatic heterocycles.